The van der Waals surface area contributed by atoms with E-state index in [9.17, 15) is 9.59 Å². The summed E-state index contributed by atoms with van der Waals surface area (Å²) in [6, 6.07) is 18.1. The van der Waals surface area contributed by atoms with Gasteiger partial charge in [-0.3, -0.25) is 19.5 Å². The van der Waals surface area contributed by atoms with Crippen LogP contribution in [0.4, 0.5) is 17.2 Å². The lowest BCUT2D eigenvalue weighted by Crippen LogP contribution is -2.26. The Bertz CT molecular complexity index is 1350. The largest absolute Gasteiger partial charge is 0.384 e. The van der Waals surface area contributed by atoms with Crippen LogP contribution in [0.2, 0.25) is 10.0 Å². The highest BCUT2D eigenvalue weighted by Crippen LogP contribution is 2.35. The van der Waals surface area contributed by atoms with E-state index in [2.05, 4.69) is 9.97 Å². The number of amides is 2. The number of nitrogen functional groups attached to an aromatic ring is 1. The first-order valence-electron chi connectivity index (χ1n) is 9.71. The van der Waals surface area contributed by atoms with Gasteiger partial charge in [0.1, 0.15) is 5.82 Å². The fourth-order valence-corrected chi connectivity index (χ4v) is 3.72. The van der Waals surface area contributed by atoms with Crippen molar-refractivity contribution in [2.45, 2.75) is 0 Å². The van der Waals surface area contributed by atoms with Gasteiger partial charge in [-0.15, -0.1) is 0 Å². The van der Waals surface area contributed by atoms with Crippen molar-refractivity contribution in [3.8, 4) is 11.3 Å². The van der Waals surface area contributed by atoms with Crippen LogP contribution in [0.5, 0.6) is 0 Å². The van der Waals surface area contributed by atoms with E-state index in [1.807, 2.05) is 12.1 Å². The molecule has 0 saturated carbocycles. The Morgan fingerprint density at radius 3 is 2.27 bits per heavy atom. The minimum absolute atomic E-state index is 0.0867. The van der Waals surface area contributed by atoms with Crippen molar-refractivity contribution in [2.24, 2.45) is 5.73 Å². The van der Waals surface area contributed by atoms with Gasteiger partial charge < -0.3 is 11.5 Å². The minimum atomic E-state index is -0.645. The molecule has 7 nitrogen and oxygen atoms in total. The summed E-state index contributed by atoms with van der Waals surface area (Å²) in [7, 11) is 0. The number of hydrogen-bond acceptors (Lipinski definition) is 5. The molecule has 0 aliphatic heterocycles. The van der Waals surface area contributed by atoms with Crippen molar-refractivity contribution in [1.82, 2.24) is 9.97 Å². The Labute approximate surface area is 199 Å². The number of benzene rings is 2. The van der Waals surface area contributed by atoms with Gasteiger partial charge in [0.15, 0.2) is 0 Å². The molecule has 4 aromatic rings. The van der Waals surface area contributed by atoms with Crippen molar-refractivity contribution < 1.29 is 9.59 Å². The standard InChI is InChI=1S/C24H17Cl2N5O2/c25-19-8-5-15(12-18(19)21-3-1-2-10-29-21)31(16-6-9-22(27)30-13-16)24(33)17-7-4-14(23(28)32)11-20(17)26/h1-13H,(H2,27,30)(H2,28,32). The average Bonchev–Trinajstić information content (AvgIpc) is 2.81. The van der Waals surface area contributed by atoms with Crippen LogP contribution < -0.4 is 16.4 Å². The van der Waals surface area contributed by atoms with Crippen molar-refractivity contribution in [3.05, 3.63) is 100 Å². The summed E-state index contributed by atoms with van der Waals surface area (Å²) >= 11 is 12.8. The number of halogens is 2. The van der Waals surface area contributed by atoms with E-state index < -0.39 is 11.8 Å². The van der Waals surface area contributed by atoms with Gasteiger partial charge in [0.2, 0.25) is 5.91 Å². The van der Waals surface area contributed by atoms with Crippen LogP contribution in [0.25, 0.3) is 11.3 Å². The van der Waals surface area contributed by atoms with Crippen molar-refractivity contribution in [3.63, 3.8) is 0 Å². The molecular formula is C24H17Cl2N5O2. The maximum atomic E-state index is 13.7. The molecule has 2 aromatic heterocycles. The smallest absolute Gasteiger partial charge is 0.264 e. The predicted molar refractivity (Wildman–Crippen MR) is 130 cm³/mol. The van der Waals surface area contributed by atoms with Gasteiger partial charge in [-0.1, -0.05) is 29.3 Å². The lowest BCUT2D eigenvalue weighted by molar-refractivity contribution is 0.0988. The number of carbonyl (C=O) groups is 2. The first-order chi connectivity index (χ1) is 15.8. The maximum Gasteiger partial charge on any atom is 0.264 e. The summed E-state index contributed by atoms with van der Waals surface area (Å²) < 4.78 is 0. The SMILES string of the molecule is NC(=O)c1ccc(C(=O)N(c2ccc(N)nc2)c2ccc(Cl)c(-c3ccccn3)c2)c(Cl)c1. The lowest BCUT2D eigenvalue weighted by Gasteiger charge is -2.24. The fourth-order valence-electron chi connectivity index (χ4n) is 3.25. The summed E-state index contributed by atoms with van der Waals surface area (Å²) in [5.74, 6) is -0.787. The third-order valence-corrected chi connectivity index (χ3v) is 5.51. The van der Waals surface area contributed by atoms with E-state index in [-0.39, 0.29) is 16.1 Å². The Balaban J connectivity index is 1.86. The van der Waals surface area contributed by atoms with E-state index >= 15 is 0 Å². The molecule has 0 spiro atoms. The van der Waals surface area contributed by atoms with Crippen molar-refractivity contribution >= 4 is 52.2 Å². The number of pyridine rings is 2. The molecular weight excluding hydrogens is 461 g/mol. The molecule has 0 aliphatic rings. The molecule has 2 amide bonds. The number of nitrogens with zero attached hydrogens (tertiary/aromatic N) is 3. The first kappa shape index (κ1) is 22.3. The van der Waals surface area contributed by atoms with Gasteiger partial charge in [-0.05, 0) is 60.7 Å². The monoisotopic (exact) mass is 477 g/mol. The average molecular weight is 478 g/mol. The Kier molecular flexibility index (Phi) is 6.26. The number of primary amides is 1. The van der Waals surface area contributed by atoms with Gasteiger partial charge in [0.25, 0.3) is 5.91 Å². The number of carbonyl (C=O) groups excluding carboxylic acids is 2. The molecule has 0 saturated heterocycles. The second kappa shape index (κ2) is 9.28. The van der Waals surface area contributed by atoms with Gasteiger partial charge in [0.05, 0.1) is 38.9 Å². The topological polar surface area (TPSA) is 115 Å². The molecule has 2 heterocycles. The fraction of sp³-hybridized carbons (Fsp3) is 0. The third kappa shape index (κ3) is 4.64. The molecule has 4 N–H and O–H groups in total. The van der Waals surface area contributed by atoms with Crippen LogP contribution in [-0.4, -0.2) is 21.8 Å². The summed E-state index contributed by atoms with van der Waals surface area (Å²) in [6.45, 7) is 0. The van der Waals surface area contributed by atoms with E-state index in [0.29, 0.717) is 33.5 Å². The maximum absolute atomic E-state index is 13.7. The second-order valence-electron chi connectivity index (χ2n) is 7.02. The summed E-state index contributed by atoms with van der Waals surface area (Å²) in [5.41, 5.74) is 13.7. The summed E-state index contributed by atoms with van der Waals surface area (Å²) in [5, 5.41) is 0.563. The van der Waals surface area contributed by atoms with Gasteiger partial charge >= 0.3 is 0 Å². The number of nitrogens with two attached hydrogens (primary N) is 2. The zero-order valence-corrected chi connectivity index (χ0v) is 18.6. The van der Waals surface area contributed by atoms with Gasteiger partial charge in [0, 0.05) is 17.3 Å². The lowest BCUT2D eigenvalue weighted by atomic mass is 10.1. The molecule has 2 aromatic carbocycles. The third-order valence-electron chi connectivity index (χ3n) is 4.87. The van der Waals surface area contributed by atoms with Crippen LogP contribution in [0, 0.1) is 0 Å². The quantitative estimate of drug-likeness (QED) is 0.414. The molecule has 0 fully saturated rings. The van der Waals surface area contributed by atoms with Crippen LogP contribution in [0.1, 0.15) is 20.7 Å². The molecule has 0 radical (unpaired) electrons. The van der Waals surface area contributed by atoms with Gasteiger partial charge in [-0.2, -0.15) is 0 Å². The highest BCUT2D eigenvalue weighted by Gasteiger charge is 2.24. The summed E-state index contributed by atoms with van der Waals surface area (Å²) in [6.07, 6.45) is 3.14. The van der Waals surface area contributed by atoms with Crippen molar-refractivity contribution in [1.29, 1.82) is 0 Å². The van der Waals surface area contributed by atoms with E-state index in [1.165, 1.54) is 29.3 Å². The molecule has 0 aliphatic carbocycles. The van der Waals surface area contributed by atoms with Gasteiger partial charge in [-0.25, -0.2) is 4.98 Å². The molecule has 0 atom stereocenters. The zero-order valence-electron chi connectivity index (χ0n) is 17.1. The number of anilines is 3. The Morgan fingerprint density at radius 2 is 1.64 bits per heavy atom. The van der Waals surface area contributed by atoms with Crippen LogP contribution >= 0.6 is 23.2 Å². The molecule has 0 bridgehead atoms. The van der Waals surface area contributed by atoms with Crippen LogP contribution in [0.3, 0.4) is 0 Å². The second-order valence-corrected chi connectivity index (χ2v) is 7.83. The van der Waals surface area contributed by atoms with Crippen LogP contribution in [-0.2, 0) is 0 Å². The number of aromatic nitrogens is 2. The first-order valence-corrected chi connectivity index (χ1v) is 10.5. The number of hydrogen-bond donors (Lipinski definition) is 2. The predicted octanol–water partition coefficient (Wildman–Crippen LogP) is 5.11. The van der Waals surface area contributed by atoms with Crippen molar-refractivity contribution in [2.75, 3.05) is 10.6 Å². The van der Waals surface area contributed by atoms with E-state index in [0.717, 1.165) is 0 Å². The highest BCUT2D eigenvalue weighted by molar-refractivity contribution is 6.35. The van der Waals surface area contributed by atoms with E-state index in [1.54, 1.807) is 42.6 Å². The Hall–Kier alpha value is -3.94. The van der Waals surface area contributed by atoms with E-state index in [4.69, 9.17) is 34.7 Å². The zero-order chi connectivity index (χ0) is 23.5. The minimum Gasteiger partial charge on any atom is -0.384 e. The molecule has 33 heavy (non-hydrogen) atoms. The normalized spacial score (nSPS) is 10.6. The Morgan fingerprint density at radius 1 is 0.848 bits per heavy atom. The molecule has 164 valence electrons. The van der Waals surface area contributed by atoms with Crippen LogP contribution in [0.15, 0.2) is 79.1 Å². The highest BCUT2D eigenvalue weighted by atomic mass is 35.5. The number of rotatable bonds is 5. The summed E-state index contributed by atoms with van der Waals surface area (Å²) in [4.78, 5) is 35.1. The molecule has 4 rings (SSSR count). The molecule has 0 unspecified atom stereocenters. The molecule has 9 heteroatoms.